The highest BCUT2D eigenvalue weighted by Gasteiger charge is 2.25. The van der Waals surface area contributed by atoms with E-state index in [1.807, 2.05) is 12.1 Å². The van der Waals surface area contributed by atoms with E-state index in [1.165, 1.54) is 27.7 Å². The number of hydrogen-bond donors (Lipinski definition) is 2. The number of rotatable bonds is 2. The van der Waals surface area contributed by atoms with Crippen molar-refractivity contribution < 1.29 is 4.74 Å². The number of nitrogens with one attached hydrogen (secondary N) is 2. The molecule has 0 saturated carbocycles. The molecule has 0 spiro atoms. The van der Waals surface area contributed by atoms with Crippen LogP contribution < -0.4 is 10.1 Å². The normalized spacial score (nSPS) is 17.7. The molecule has 0 radical (unpaired) electrons. The number of para-hydroxylation sites is 1. The predicted octanol–water partition coefficient (Wildman–Crippen LogP) is 3.41. The highest BCUT2D eigenvalue weighted by Crippen LogP contribution is 2.34. The third-order valence-electron chi connectivity index (χ3n) is 4.29. The van der Waals surface area contributed by atoms with Gasteiger partial charge in [-0.25, -0.2) is 0 Å². The standard InChI is InChI=1S/C18H18N2O/c1-21-13-6-4-5-12(11-13)17-18-15(9-10-19-17)14-7-2-3-8-16(14)20-18/h2-8,11,17,19-20H,9-10H2,1H3/t17-/m0/s1. The zero-order valence-electron chi connectivity index (χ0n) is 12.0. The van der Waals surface area contributed by atoms with Crippen LogP contribution in [-0.4, -0.2) is 18.6 Å². The fourth-order valence-electron chi connectivity index (χ4n) is 3.29. The summed E-state index contributed by atoms with van der Waals surface area (Å²) >= 11 is 0. The molecule has 2 heterocycles. The minimum absolute atomic E-state index is 0.205. The molecule has 0 aliphatic carbocycles. The highest BCUT2D eigenvalue weighted by atomic mass is 16.5. The van der Waals surface area contributed by atoms with Gasteiger partial charge in [0.1, 0.15) is 5.75 Å². The van der Waals surface area contributed by atoms with E-state index in [9.17, 15) is 0 Å². The van der Waals surface area contributed by atoms with Gasteiger partial charge < -0.3 is 15.0 Å². The van der Waals surface area contributed by atoms with Gasteiger partial charge in [-0.05, 0) is 35.7 Å². The van der Waals surface area contributed by atoms with E-state index in [0.29, 0.717) is 0 Å². The molecule has 3 aromatic rings. The molecular formula is C18H18N2O. The van der Waals surface area contributed by atoms with Crippen LogP contribution in [0.1, 0.15) is 22.9 Å². The van der Waals surface area contributed by atoms with Gasteiger partial charge in [0.05, 0.1) is 13.2 Å². The fraction of sp³-hybridized carbons (Fsp3) is 0.222. The summed E-state index contributed by atoms with van der Waals surface area (Å²) in [6.45, 7) is 0.997. The third-order valence-corrected chi connectivity index (χ3v) is 4.29. The largest absolute Gasteiger partial charge is 0.497 e. The zero-order chi connectivity index (χ0) is 14.2. The molecule has 1 aliphatic rings. The van der Waals surface area contributed by atoms with Gasteiger partial charge in [0.2, 0.25) is 0 Å². The van der Waals surface area contributed by atoms with Gasteiger partial charge in [0.25, 0.3) is 0 Å². The van der Waals surface area contributed by atoms with Gasteiger partial charge in [-0.2, -0.15) is 0 Å². The van der Waals surface area contributed by atoms with Crippen LogP contribution in [0.3, 0.4) is 0 Å². The third kappa shape index (κ3) is 2.01. The molecule has 0 unspecified atom stereocenters. The van der Waals surface area contributed by atoms with Crippen molar-refractivity contribution in [1.29, 1.82) is 0 Å². The van der Waals surface area contributed by atoms with Crippen LogP contribution in [0.15, 0.2) is 48.5 Å². The summed E-state index contributed by atoms with van der Waals surface area (Å²) in [7, 11) is 1.71. The number of methoxy groups -OCH3 is 1. The topological polar surface area (TPSA) is 37.0 Å². The van der Waals surface area contributed by atoms with Crippen LogP contribution in [0.2, 0.25) is 0 Å². The molecule has 0 saturated heterocycles. The number of hydrogen-bond acceptors (Lipinski definition) is 2. The van der Waals surface area contributed by atoms with Gasteiger partial charge in [-0.1, -0.05) is 30.3 Å². The second-order valence-electron chi connectivity index (χ2n) is 5.48. The molecule has 0 bridgehead atoms. The summed E-state index contributed by atoms with van der Waals surface area (Å²) < 4.78 is 5.35. The first-order valence-corrected chi connectivity index (χ1v) is 7.33. The Bertz CT molecular complexity index is 791. The van der Waals surface area contributed by atoms with Gasteiger partial charge >= 0.3 is 0 Å². The van der Waals surface area contributed by atoms with Crippen LogP contribution >= 0.6 is 0 Å². The Hall–Kier alpha value is -2.26. The maximum Gasteiger partial charge on any atom is 0.119 e. The lowest BCUT2D eigenvalue weighted by Gasteiger charge is -2.25. The van der Waals surface area contributed by atoms with Gasteiger partial charge in [0.15, 0.2) is 0 Å². The molecule has 0 amide bonds. The first-order chi connectivity index (χ1) is 10.4. The second kappa shape index (κ2) is 4.93. The Morgan fingerprint density at radius 2 is 2.00 bits per heavy atom. The Morgan fingerprint density at radius 1 is 1.10 bits per heavy atom. The van der Waals surface area contributed by atoms with Crippen molar-refractivity contribution in [3.05, 3.63) is 65.4 Å². The van der Waals surface area contributed by atoms with Crippen LogP contribution in [0.4, 0.5) is 0 Å². The first-order valence-electron chi connectivity index (χ1n) is 7.33. The van der Waals surface area contributed by atoms with Crippen molar-refractivity contribution in [3.63, 3.8) is 0 Å². The maximum absolute atomic E-state index is 5.35. The Labute approximate surface area is 123 Å². The molecule has 1 atom stereocenters. The van der Waals surface area contributed by atoms with Gasteiger partial charge in [-0.3, -0.25) is 0 Å². The monoisotopic (exact) mass is 278 g/mol. The summed E-state index contributed by atoms with van der Waals surface area (Å²) in [5.74, 6) is 0.900. The van der Waals surface area contributed by atoms with E-state index in [2.05, 4.69) is 46.7 Å². The van der Waals surface area contributed by atoms with Crippen molar-refractivity contribution in [2.75, 3.05) is 13.7 Å². The summed E-state index contributed by atoms with van der Waals surface area (Å²) in [6.07, 6.45) is 1.07. The number of fused-ring (bicyclic) bond motifs is 3. The number of H-pyrrole nitrogens is 1. The molecule has 21 heavy (non-hydrogen) atoms. The lowest BCUT2D eigenvalue weighted by molar-refractivity contribution is 0.413. The first kappa shape index (κ1) is 12.5. The van der Waals surface area contributed by atoms with E-state index in [-0.39, 0.29) is 6.04 Å². The average Bonchev–Trinajstić information content (AvgIpc) is 2.93. The number of aromatic nitrogens is 1. The molecule has 1 aliphatic heterocycles. The Kier molecular flexibility index (Phi) is 2.93. The highest BCUT2D eigenvalue weighted by molar-refractivity contribution is 5.85. The molecule has 2 N–H and O–H groups in total. The van der Waals surface area contributed by atoms with E-state index >= 15 is 0 Å². The van der Waals surface area contributed by atoms with Crippen LogP contribution in [-0.2, 0) is 6.42 Å². The van der Waals surface area contributed by atoms with E-state index < -0.39 is 0 Å². The minimum atomic E-state index is 0.205. The number of benzene rings is 2. The lowest BCUT2D eigenvalue weighted by Crippen LogP contribution is -2.30. The molecule has 1 aromatic heterocycles. The van der Waals surface area contributed by atoms with Crippen molar-refractivity contribution in [2.24, 2.45) is 0 Å². The summed E-state index contributed by atoms with van der Waals surface area (Å²) in [5.41, 5.74) is 5.19. The Balaban J connectivity index is 1.86. The predicted molar refractivity (Wildman–Crippen MR) is 84.8 cm³/mol. The van der Waals surface area contributed by atoms with Gasteiger partial charge in [0, 0.05) is 23.1 Å². The van der Waals surface area contributed by atoms with Crippen LogP contribution in [0, 0.1) is 0 Å². The molecule has 106 valence electrons. The molecule has 2 aromatic carbocycles. The zero-order valence-corrected chi connectivity index (χ0v) is 12.0. The smallest absolute Gasteiger partial charge is 0.119 e. The number of ether oxygens (including phenoxy) is 1. The molecule has 3 nitrogen and oxygen atoms in total. The molecule has 3 heteroatoms. The molecule has 4 rings (SSSR count). The second-order valence-corrected chi connectivity index (χ2v) is 5.48. The number of aromatic amines is 1. The minimum Gasteiger partial charge on any atom is -0.497 e. The van der Waals surface area contributed by atoms with E-state index in [0.717, 1.165) is 18.7 Å². The average molecular weight is 278 g/mol. The van der Waals surface area contributed by atoms with Crippen LogP contribution in [0.25, 0.3) is 10.9 Å². The summed E-state index contributed by atoms with van der Waals surface area (Å²) in [6, 6.07) is 17.0. The molecule has 0 fully saturated rings. The summed E-state index contributed by atoms with van der Waals surface area (Å²) in [4.78, 5) is 3.60. The van der Waals surface area contributed by atoms with Crippen LogP contribution in [0.5, 0.6) is 5.75 Å². The van der Waals surface area contributed by atoms with E-state index in [4.69, 9.17) is 4.74 Å². The van der Waals surface area contributed by atoms with Crippen molar-refractivity contribution in [3.8, 4) is 5.75 Å². The molecular weight excluding hydrogens is 260 g/mol. The Morgan fingerprint density at radius 3 is 2.90 bits per heavy atom. The van der Waals surface area contributed by atoms with E-state index in [1.54, 1.807) is 7.11 Å². The quantitative estimate of drug-likeness (QED) is 0.753. The lowest BCUT2D eigenvalue weighted by atomic mass is 9.94. The van der Waals surface area contributed by atoms with Crippen molar-refractivity contribution >= 4 is 10.9 Å². The van der Waals surface area contributed by atoms with Crippen molar-refractivity contribution in [1.82, 2.24) is 10.3 Å². The SMILES string of the molecule is COc1cccc([C@@H]2NCCc3c2[nH]c2ccccc32)c1. The van der Waals surface area contributed by atoms with Crippen molar-refractivity contribution in [2.45, 2.75) is 12.5 Å². The van der Waals surface area contributed by atoms with Gasteiger partial charge in [-0.15, -0.1) is 0 Å². The fourth-order valence-corrected chi connectivity index (χ4v) is 3.29. The summed E-state index contributed by atoms with van der Waals surface area (Å²) in [5, 5.41) is 4.97. The maximum atomic E-state index is 5.35.